The van der Waals surface area contributed by atoms with Gasteiger partial charge in [0.15, 0.2) is 0 Å². The first-order chi connectivity index (χ1) is 8.08. The summed E-state index contributed by atoms with van der Waals surface area (Å²) in [5.74, 6) is 0.684. The number of nitrogens with two attached hydrogens (primary N) is 1. The zero-order chi connectivity index (χ0) is 12.8. The summed E-state index contributed by atoms with van der Waals surface area (Å²) in [6.07, 6.45) is 2.97. The normalized spacial score (nSPS) is 12.2. The lowest BCUT2D eigenvalue weighted by Gasteiger charge is -2.25. The number of nitrogen functional groups attached to an aromatic ring is 1. The van der Waals surface area contributed by atoms with Gasteiger partial charge in [0.25, 0.3) is 0 Å². The molecule has 1 aromatic rings. The fraction of sp³-hybridized carbons (Fsp3) is 0.538. The quantitative estimate of drug-likeness (QED) is 0.586. The molecule has 3 N–H and O–H groups in total. The van der Waals surface area contributed by atoms with Gasteiger partial charge >= 0.3 is 0 Å². The summed E-state index contributed by atoms with van der Waals surface area (Å²) >= 11 is 0. The van der Waals surface area contributed by atoms with E-state index in [9.17, 15) is 0 Å². The molecule has 0 radical (unpaired) electrons. The van der Waals surface area contributed by atoms with Crippen LogP contribution < -0.4 is 10.6 Å². The van der Waals surface area contributed by atoms with Crippen molar-refractivity contribution in [2.24, 2.45) is 11.7 Å². The number of hydrogen-bond acceptors (Lipinski definition) is 3. The van der Waals surface area contributed by atoms with E-state index in [1.165, 1.54) is 6.42 Å². The lowest BCUT2D eigenvalue weighted by Crippen LogP contribution is -2.28. The average molecular weight is 234 g/mol. The van der Waals surface area contributed by atoms with Gasteiger partial charge in [-0.05, 0) is 25.0 Å². The van der Waals surface area contributed by atoms with Crippen molar-refractivity contribution in [3.63, 3.8) is 0 Å². The van der Waals surface area contributed by atoms with Gasteiger partial charge in [0.05, 0.1) is 11.9 Å². The van der Waals surface area contributed by atoms with E-state index in [1.54, 1.807) is 12.3 Å². The molecule has 0 spiro atoms. The van der Waals surface area contributed by atoms with E-state index >= 15 is 0 Å². The highest BCUT2D eigenvalue weighted by Gasteiger charge is 2.09. The van der Waals surface area contributed by atoms with Crippen LogP contribution in [0.25, 0.3) is 0 Å². The van der Waals surface area contributed by atoms with Crippen molar-refractivity contribution in [2.75, 3.05) is 18.0 Å². The third-order valence-corrected chi connectivity index (χ3v) is 3.00. The lowest BCUT2D eigenvalue weighted by molar-refractivity contribution is 0.548. The SMILES string of the molecule is CCC(C)CN(CC)c1ccc(C(=N)N)nc1. The van der Waals surface area contributed by atoms with Crippen molar-refractivity contribution >= 4 is 11.5 Å². The van der Waals surface area contributed by atoms with E-state index in [0.717, 1.165) is 18.8 Å². The Bertz CT molecular complexity index is 358. The Morgan fingerprint density at radius 2 is 2.18 bits per heavy atom. The van der Waals surface area contributed by atoms with Gasteiger partial charge in [-0.2, -0.15) is 0 Å². The van der Waals surface area contributed by atoms with Crippen molar-refractivity contribution in [3.05, 3.63) is 24.0 Å². The van der Waals surface area contributed by atoms with Gasteiger partial charge < -0.3 is 10.6 Å². The maximum atomic E-state index is 7.30. The molecule has 1 aromatic heterocycles. The van der Waals surface area contributed by atoms with Crippen LogP contribution in [0.3, 0.4) is 0 Å². The van der Waals surface area contributed by atoms with Crippen LogP contribution in [0, 0.1) is 11.3 Å². The molecular formula is C13H22N4. The Hall–Kier alpha value is -1.58. The zero-order valence-electron chi connectivity index (χ0n) is 10.9. The van der Waals surface area contributed by atoms with Gasteiger partial charge in [-0.1, -0.05) is 20.3 Å². The fourth-order valence-electron chi connectivity index (χ4n) is 1.65. The Morgan fingerprint density at radius 3 is 2.59 bits per heavy atom. The summed E-state index contributed by atoms with van der Waals surface area (Å²) in [4.78, 5) is 6.49. The predicted molar refractivity (Wildman–Crippen MR) is 72.6 cm³/mol. The van der Waals surface area contributed by atoms with Crippen molar-refractivity contribution in [1.29, 1.82) is 5.41 Å². The van der Waals surface area contributed by atoms with Crippen molar-refractivity contribution < 1.29 is 0 Å². The zero-order valence-corrected chi connectivity index (χ0v) is 10.9. The largest absolute Gasteiger partial charge is 0.382 e. The van der Waals surface area contributed by atoms with Crippen molar-refractivity contribution in [1.82, 2.24) is 4.98 Å². The summed E-state index contributed by atoms with van der Waals surface area (Å²) in [5, 5.41) is 7.30. The number of anilines is 1. The molecular weight excluding hydrogens is 212 g/mol. The lowest BCUT2D eigenvalue weighted by atomic mass is 10.1. The van der Waals surface area contributed by atoms with Crippen LogP contribution in [-0.2, 0) is 0 Å². The van der Waals surface area contributed by atoms with E-state index in [0.29, 0.717) is 11.6 Å². The Balaban J connectivity index is 2.78. The van der Waals surface area contributed by atoms with Crippen LogP contribution in [0.15, 0.2) is 18.3 Å². The first kappa shape index (κ1) is 13.5. The van der Waals surface area contributed by atoms with E-state index in [4.69, 9.17) is 11.1 Å². The highest BCUT2D eigenvalue weighted by atomic mass is 15.1. The topological polar surface area (TPSA) is 66.0 Å². The number of pyridine rings is 1. The van der Waals surface area contributed by atoms with Gasteiger partial charge in [-0.25, -0.2) is 0 Å². The summed E-state index contributed by atoms with van der Waals surface area (Å²) in [5.41, 5.74) is 7.01. The van der Waals surface area contributed by atoms with Crippen LogP contribution >= 0.6 is 0 Å². The molecule has 17 heavy (non-hydrogen) atoms. The summed E-state index contributed by atoms with van der Waals surface area (Å²) in [6, 6.07) is 3.78. The molecule has 0 aromatic carbocycles. The Labute approximate surface area is 103 Å². The molecule has 1 atom stereocenters. The minimum Gasteiger partial charge on any atom is -0.382 e. The predicted octanol–water partition coefficient (Wildman–Crippen LogP) is 2.24. The third kappa shape index (κ3) is 3.73. The van der Waals surface area contributed by atoms with Crippen molar-refractivity contribution in [3.8, 4) is 0 Å². The molecule has 0 fully saturated rings. The molecule has 0 aliphatic heterocycles. The minimum absolute atomic E-state index is 0.0153. The number of amidine groups is 1. The van der Waals surface area contributed by atoms with Crippen molar-refractivity contribution in [2.45, 2.75) is 27.2 Å². The number of rotatable bonds is 6. The fourth-order valence-corrected chi connectivity index (χ4v) is 1.65. The van der Waals surface area contributed by atoms with Crippen LogP contribution in [0.2, 0.25) is 0 Å². The third-order valence-electron chi connectivity index (χ3n) is 3.00. The molecule has 0 bridgehead atoms. The van der Waals surface area contributed by atoms with E-state index in [2.05, 4.69) is 30.7 Å². The number of aromatic nitrogens is 1. The van der Waals surface area contributed by atoms with Crippen LogP contribution in [0.5, 0.6) is 0 Å². The van der Waals surface area contributed by atoms with Gasteiger partial charge in [0.2, 0.25) is 0 Å². The molecule has 0 saturated carbocycles. The van der Waals surface area contributed by atoms with E-state index in [-0.39, 0.29) is 5.84 Å². The first-order valence-electron chi connectivity index (χ1n) is 6.13. The highest BCUT2D eigenvalue weighted by molar-refractivity contribution is 5.93. The van der Waals surface area contributed by atoms with E-state index in [1.807, 2.05) is 6.07 Å². The van der Waals surface area contributed by atoms with Gasteiger partial charge in [0, 0.05) is 13.1 Å². The van der Waals surface area contributed by atoms with Crippen LogP contribution in [-0.4, -0.2) is 23.9 Å². The monoisotopic (exact) mass is 234 g/mol. The minimum atomic E-state index is 0.0153. The molecule has 4 heteroatoms. The van der Waals surface area contributed by atoms with Gasteiger partial charge in [-0.3, -0.25) is 10.4 Å². The average Bonchev–Trinajstić information content (AvgIpc) is 2.35. The second-order valence-corrected chi connectivity index (χ2v) is 4.37. The molecule has 0 aliphatic rings. The van der Waals surface area contributed by atoms with Gasteiger partial charge in [-0.15, -0.1) is 0 Å². The summed E-state index contributed by atoms with van der Waals surface area (Å²) in [6.45, 7) is 8.59. The molecule has 0 amide bonds. The van der Waals surface area contributed by atoms with Crippen LogP contribution in [0.1, 0.15) is 32.9 Å². The number of nitrogens with zero attached hydrogens (tertiary/aromatic N) is 2. The number of nitrogens with one attached hydrogen (secondary N) is 1. The molecule has 0 saturated heterocycles. The van der Waals surface area contributed by atoms with Gasteiger partial charge in [0.1, 0.15) is 11.5 Å². The Morgan fingerprint density at radius 1 is 1.47 bits per heavy atom. The molecule has 0 aliphatic carbocycles. The highest BCUT2D eigenvalue weighted by Crippen LogP contribution is 2.15. The maximum Gasteiger partial charge on any atom is 0.141 e. The summed E-state index contributed by atoms with van der Waals surface area (Å²) in [7, 11) is 0. The van der Waals surface area contributed by atoms with Crippen LogP contribution in [0.4, 0.5) is 5.69 Å². The smallest absolute Gasteiger partial charge is 0.141 e. The molecule has 1 rings (SSSR count). The summed E-state index contributed by atoms with van der Waals surface area (Å²) < 4.78 is 0. The van der Waals surface area contributed by atoms with E-state index < -0.39 is 0 Å². The standard InChI is InChI=1S/C13H22N4/c1-4-10(3)9-17(5-2)11-6-7-12(13(14)15)16-8-11/h6-8,10H,4-5,9H2,1-3H3,(H3,14,15). The molecule has 1 heterocycles. The number of hydrogen-bond donors (Lipinski definition) is 2. The first-order valence-corrected chi connectivity index (χ1v) is 6.13. The molecule has 94 valence electrons. The second kappa shape index (κ2) is 6.23. The second-order valence-electron chi connectivity index (χ2n) is 4.37. The maximum absolute atomic E-state index is 7.30. The molecule has 4 nitrogen and oxygen atoms in total. The Kier molecular flexibility index (Phi) is 4.94. The molecule has 1 unspecified atom stereocenters.